The van der Waals surface area contributed by atoms with Crippen LogP contribution in [0.4, 0.5) is 5.69 Å². The van der Waals surface area contributed by atoms with Gasteiger partial charge in [0.25, 0.3) is 5.91 Å². The molecule has 0 N–H and O–H groups in total. The Labute approximate surface area is 133 Å². The van der Waals surface area contributed by atoms with E-state index in [1.807, 2.05) is 11.0 Å². The molecule has 0 spiro atoms. The minimum atomic E-state index is 0.160. The first-order valence-electron chi connectivity index (χ1n) is 8.45. The quantitative estimate of drug-likeness (QED) is 0.861. The van der Waals surface area contributed by atoms with E-state index in [-0.39, 0.29) is 12.0 Å². The normalized spacial score (nSPS) is 22.2. The number of carbonyl (C=O) groups excluding carboxylic acids is 1. The van der Waals surface area contributed by atoms with Crippen LogP contribution in [0, 0.1) is 6.92 Å². The summed E-state index contributed by atoms with van der Waals surface area (Å²) >= 11 is 0. The Bertz CT molecular complexity index is 538. The van der Waals surface area contributed by atoms with Crippen molar-refractivity contribution in [2.45, 2.75) is 39.2 Å². The summed E-state index contributed by atoms with van der Waals surface area (Å²) in [6.45, 7) is 8.34. The maximum absolute atomic E-state index is 13.0. The molecule has 2 aliphatic rings. The lowest BCUT2D eigenvalue weighted by atomic mass is 10.1. The molecule has 4 nitrogen and oxygen atoms in total. The molecule has 0 radical (unpaired) electrons. The van der Waals surface area contributed by atoms with Gasteiger partial charge in [-0.1, -0.05) is 18.6 Å². The van der Waals surface area contributed by atoms with Crippen molar-refractivity contribution in [3.8, 4) is 0 Å². The van der Waals surface area contributed by atoms with Crippen LogP contribution in [-0.4, -0.2) is 49.7 Å². The fourth-order valence-corrected chi connectivity index (χ4v) is 3.38. The van der Waals surface area contributed by atoms with E-state index in [4.69, 9.17) is 4.74 Å². The molecule has 2 aliphatic heterocycles. The van der Waals surface area contributed by atoms with E-state index in [2.05, 4.69) is 30.9 Å². The van der Waals surface area contributed by atoms with E-state index in [1.54, 1.807) is 0 Å². The van der Waals surface area contributed by atoms with Crippen LogP contribution in [0.5, 0.6) is 0 Å². The standard InChI is InChI=1S/C18H26N2O2/c1-3-15-13-20(10-11-22-15)18(21)16-12-14(2)6-7-17(16)19-8-4-5-9-19/h6-7,12,15H,3-5,8-11,13H2,1-2H3. The third-order valence-electron chi connectivity index (χ3n) is 4.71. The lowest BCUT2D eigenvalue weighted by Gasteiger charge is -2.33. The van der Waals surface area contributed by atoms with Gasteiger partial charge in [0, 0.05) is 31.9 Å². The van der Waals surface area contributed by atoms with Crippen LogP contribution in [-0.2, 0) is 4.74 Å². The van der Waals surface area contributed by atoms with Crippen LogP contribution in [0.15, 0.2) is 18.2 Å². The zero-order valence-electron chi connectivity index (χ0n) is 13.7. The Hall–Kier alpha value is -1.55. The van der Waals surface area contributed by atoms with E-state index >= 15 is 0 Å². The number of anilines is 1. The Morgan fingerprint density at radius 1 is 1.27 bits per heavy atom. The van der Waals surface area contributed by atoms with E-state index in [0.29, 0.717) is 19.7 Å². The maximum atomic E-state index is 13.0. The van der Waals surface area contributed by atoms with Gasteiger partial charge in [-0.3, -0.25) is 4.79 Å². The minimum absolute atomic E-state index is 0.160. The van der Waals surface area contributed by atoms with Crippen molar-refractivity contribution in [3.63, 3.8) is 0 Å². The van der Waals surface area contributed by atoms with E-state index < -0.39 is 0 Å². The van der Waals surface area contributed by atoms with Crippen molar-refractivity contribution in [1.29, 1.82) is 0 Å². The molecule has 2 heterocycles. The highest BCUT2D eigenvalue weighted by molar-refractivity contribution is 6.00. The smallest absolute Gasteiger partial charge is 0.256 e. The molecule has 4 heteroatoms. The van der Waals surface area contributed by atoms with Gasteiger partial charge >= 0.3 is 0 Å². The third kappa shape index (κ3) is 3.12. The van der Waals surface area contributed by atoms with Gasteiger partial charge in [0.2, 0.25) is 0 Å². The molecular formula is C18H26N2O2. The molecule has 1 aromatic rings. The summed E-state index contributed by atoms with van der Waals surface area (Å²) in [4.78, 5) is 17.4. The second kappa shape index (κ2) is 6.69. The largest absolute Gasteiger partial charge is 0.375 e. The number of ether oxygens (including phenoxy) is 1. The second-order valence-corrected chi connectivity index (χ2v) is 6.37. The summed E-state index contributed by atoms with van der Waals surface area (Å²) in [6.07, 6.45) is 3.57. The van der Waals surface area contributed by atoms with E-state index in [0.717, 1.165) is 36.3 Å². The lowest BCUT2D eigenvalue weighted by molar-refractivity contribution is -0.0226. The first-order valence-corrected chi connectivity index (χ1v) is 8.45. The van der Waals surface area contributed by atoms with Crippen molar-refractivity contribution in [3.05, 3.63) is 29.3 Å². The summed E-state index contributed by atoms with van der Waals surface area (Å²) in [7, 11) is 0. The van der Waals surface area contributed by atoms with Gasteiger partial charge in [0.15, 0.2) is 0 Å². The Morgan fingerprint density at radius 2 is 2.05 bits per heavy atom. The van der Waals surface area contributed by atoms with Crippen molar-refractivity contribution < 1.29 is 9.53 Å². The molecule has 1 unspecified atom stereocenters. The SMILES string of the molecule is CCC1CN(C(=O)c2cc(C)ccc2N2CCCC2)CCO1. The van der Waals surface area contributed by atoms with Crippen molar-refractivity contribution >= 4 is 11.6 Å². The average molecular weight is 302 g/mol. The molecule has 0 bridgehead atoms. The number of hydrogen-bond donors (Lipinski definition) is 0. The highest BCUT2D eigenvalue weighted by atomic mass is 16.5. The second-order valence-electron chi connectivity index (χ2n) is 6.37. The molecule has 0 saturated carbocycles. The van der Waals surface area contributed by atoms with Crippen molar-refractivity contribution in [1.82, 2.24) is 4.90 Å². The number of hydrogen-bond acceptors (Lipinski definition) is 3. The number of morpholine rings is 1. The minimum Gasteiger partial charge on any atom is -0.375 e. The highest BCUT2D eigenvalue weighted by Crippen LogP contribution is 2.27. The van der Waals surface area contributed by atoms with E-state index in [1.165, 1.54) is 12.8 Å². The summed E-state index contributed by atoms with van der Waals surface area (Å²) in [6, 6.07) is 6.27. The van der Waals surface area contributed by atoms with Gasteiger partial charge in [-0.2, -0.15) is 0 Å². The monoisotopic (exact) mass is 302 g/mol. The van der Waals surface area contributed by atoms with Gasteiger partial charge in [-0.05, 0) is 38.3 Å². The van der Waals surface area contributed by atoms with Crippen molar-refractivity contribution in [2.75, 3.05) is 37.7 Å². The number of benzene rings is 1. The molecule has 120 valence electrons. The van der Waals surface area contributed by atoms with Crippen LogP contribution in [0.25, 0.3) is 0 Å². The molecule has 0 aliphatic carbocycles. The third-order valence-corrected chi connectivity index (χ3v) is 4.71. The fraction of sp³-hybridized carbons (Fsp3) is 0.611. The van der Waals surface area contributed by atoms with Gasteiger partial charge < -0.3 is 14.5 Å². The molecule has 2 fully saturated rings. The first kappa shape index (κ1) is 15.3. The predicted octanol–water partition coefficient (Wildman–Crippen LogP) is 2.85. The van der Waals surface area contributed by atoms with Crippen LogP contribution in [0.3, 0.4) is 0 Å². The number of aryl methyl sites for hydroxylation is 1. The molecule has 2 saturated heterocycles. The Kier molecular flexibility index (Phi) is 4.67. The van der Waals surface area contributed by atoms with Gasteiger partial charge in [0.1, 0.15) is 0 Å². The van der Waals surface area contributed by atoms with Crippen LogP contribution in [0.1, 0.15) is 42.1 Å². The molecule has 0 aromatic heterocycles. The van der Waals surface area contributed by atoms with Crippen LogP contribution < -0.4 is 4.90 Å². The Morgan fingerprint density at radius 3 is 2.77 bits per heavy atom. The molecule has 1 amide bonds. The topological polar surface area (TPSA) is 32.8 Å². The molecule has 1 atom stereocenters. The summed E-state index contributed by atoms with van der Waals surface area (Å²) in [5, 5.41) is 0. The predicted molar refractivity (Wildman–Crippen MR) is 88.6 cm³/mol. The molecule has 1 aromatic carbocycles. The maximum Gasteiger partial charge on any atom is 0.256 e. The molecular weight excluding hydrogens is 276 g/mol. The van der Waals surface area contributed by atoms with Gasteiger partial charge in [-0.15, -0.1) is 0 Å². The Balaban J connectivity index is 1.85. The number of carbonyl (C=O) groups is 1. The average Bonchev–Trinajstić information content (AvgIpc) is 3.08. The lowest BCUT2D eigenvalue weighted by Crippen LogP contribution is -2.45. The number of nitrogens with zero attached hydrogens (tertiary/aromatic N) is 2. The summed E-state index contributed by atoms with van der Waals surface area (Å²) < 4.78 is 5.69. The summed E-state index contributed by atoms with van der Waals surface area (Å²) in [5.41, 5.74) is 3.11. The fourth-order valence-electron chi connectivity index (χ4n) is 3.38. The number of rotatable bonds is 3. The van der Waals surface area contributed by atoms with Crippen LogP contribution in [0.2, 0.25) is 0 Å². The van der Waals surface area contributed by atoms with Crippen LogP contribution >= 0.6 is 0 Å². The first-order chi connectivity index (χ1) is 10.7. The highest BCUT2D eigenvalue weighted by Gasteiger charge is 2.27. The zero-order valence-corrected chi connectivity index (χ0v) is 13.7. The van der Waals surface area contributed by atoms with Crippen molar-refractivity contribution in [2.24, 2.45) is 0 Å². The number of amides is 1. The molecule has 3 rings (SSSR count). The van der Waals surface area contributed by atoms with Gasteiger partial charge in [0.05, 0.1) is 18.3 Å². The molecule has 22 heavy (non-hydrogen) atoms. The van der Waals surface area contributed by atoms with E-state index in [9.17, 15) is 4.79 Å². The zero-order chi connectivity index (χ0) is 15.5. The summed E-state index contributed by atoms with van der Waals surface area (Å²) in [5.74, 6) is 0.160. The van der Waals surface area contributed by atoms with Gasteiger partial charge in [-0.25, -0.2) is 0 Å².